The van der Waals surface area contributed by atoms with Crippen molar-refractivity contribution in [1.82, 2.24) is 14.9 Å². The first-order chi connectivity index (χ1) is 11.2. The number of aromatic nitrogens is 2. The van der Waals surface area contributed by atoms with Gasteiger partial charge in [-0.15, -0.1) is 11.3 Å². The molecule has 0 amide bonds. The molecule has 3 heterocycles. The summed E-state index contributed by atoms with van der Waals surface area (Å²) in [7, 11) is 0. The van der Waals surface area contributed by atoms with E-state index in [2.05, 4.69) is 16.8 Å². The summed E-state index contributed by atoms with van der Waals surface area (Å²) in [6, 6.07) is 0. The normalized spacial score (nSPS) is 21.9. The molecule has 2 aromatic rings. The van der Waals surface area contributed by atoms with Crippen LogP contribution in [0.3, 0.4) is 0 Å². The Labute approximate surface area is 145 Å². The first-order valence-corrected chi connectivity index (χ1v) is 10.5. The molecule has 4 nitrogen and oxygen atoms in total. The summed E-state index contributed by atoms with van der Waals surface area (Å²) in [5.41, 5.74) is 7.75. The van der Waals surface area contributed by atoms with Crippen LogP contribution in [0.5, 0.6) is 0 Å². The molecule has 0 spiro atoms. The highest BCUT2D eigenvalue weighted by atomic mass is 32.2. The van der Waals surface area contributed by atoms with Gasteiger partial charge >= 0.3 is 0 Å². The molecule has 6 heteroatoms. The van der Waals surface area contributed by atoms with Gasteiger partial charge in [-0.25, -0.2) is 9.97 Å². The lowest BCUT2D eigenvalue weighted by Gasteiger charge is -2.18. The van der Waals surface area contributed by atoms with Crippen LogP contribution in [0, 0.1) is 0 Å². The van der Waals surface area contributed by atoms with Crippen LogP contribution in [0.1, 0.15) is 49.0 Å². The van der Waals surface area contributed by atoms with Gasteiger partial charge in [0.25, 0.3) is 0 Å². The molecule has 4 rings (SSSR count). The molecule has 2 aromatic heterocycles. The third-order valence-electron chi connectivity index (χ3n) is 5.04. The first-order valence-electron chi connectivity index (χ1n) is 8.66. The fourth-order valence-electron chi connectivity index (χ4n) is 3.83. The van der Waals surface area contributed by atoms with Crippen molar-refractivity contribution in [2.24, 2.45) is 0 Å². The number of aryl methyl sites for hydroxylation is 1. The summed E-state index contributed by atoms with van der Waals surface area (Å²) >= 11 is 3.58. The molecule has 1 aliphatic carbocycles. The first kappa shape index (κ1) is 15.7. The van der Waals surface area contributed by atoms with Gasteiger partial charge in [-0.2, -0.15) is 0 Å². The van der Waals surface area contributed by atoms with Crippen molar-refractivity contribution in [3.05, 3.63) is 10.4 Å². The van der Waals surface area contributed by atoms with Gasteiger partial charge < -0.3 is 10.6 Å². The van der Waals surface area contributed by atoms with E-state index >= 15 is 0 Å². The Balaban J connectivity index is 1.55. The molecule has 0 radical (unpaired) electrons. The molecule has 1 saturated heterocycles. The van der Waals surface area contributed by atoms with Gasteiger partial charge in [0.15, 0.2) is 5.16 Å². The fraction of sp³-hybridized carbons (Fsp3) is 0.647. The molecule has 1 unspecified atom stereocenters. The molecule has 1 fully saturated rings. The van der Waals surface area contributed by atoms with E-state index in [9.17, 15) is 0 Å². The Bertz CT molecular complexity index is 706. The SMILES string of the molecule is CC1CCCc2sc3nc(SCCN4CCCC4)nc(N)c3c21. The number of nitrogens with two attached hydrogens (primary N) is 1. The van der Waals surface area contributed by atoms with Gasteiger partial charge in [-0.05, 0) is 56.7 Å². The zero-order valence-corrected chi connectivity index (χ0v) is 15.3. The van der Waals surface area contributed by atoms with Crippen LogP contribution in [0.15, 0.2) is 5.16 Å². The van der Waals surface area contributed by atoms with E-state index in [1.54, 1.807) is 11.8 Å². The largest absolute Gasteiger partial charge is 0.383 e. The van der Waals surface area contributed by atoms with Crippen LogP contribution in [-0.4, -0.2) is 40.3 Å². The lowest BCUT2D eigenvalue weighted by Crippen LogP contribution is -2.21. The molecule has 0 aromatic carbocycles. The summed E-state index contributed by atoms with van der Waals surface area (Å²) in [5, 5.41) is 1.99. The van der Waals surface area contributed by atoms with Crippen molar-refractivity contribution in [2.45, 2.75) is 50.1 Å². The van der Waals surface area contributed by atoms with Gasteiger partial charge in [0.2, 0.25) is 0 Å². The Morgan fingerprint density at radius 2 is 2.09 bits per heavy atom. The van der Waals surface area contributed by atoms with Crippen LogP contribution in [0.4, 0.5) is 5.82 Å². The number of hydrogen-bond donors (Lipinski definition) is 1. The van der Waals surface area contributed by atoms with Gasteiger partial charge in [0.05, 0.1) is 5.39 Å². The summed E-state index contributed by atoms with van der Waals surface area (Å²) in [5.74, 6) is 2.32. The number of fused-ring (bicyclic) bond motifs is 3. The van der Waals surface area contributed by atoms with Gasteiger partial charge in [-0.1, -0.05) is 18.7 Å². The van der Waals surface area contributed by atoms with E-state index in [1.165, 1.54) is 55.6 Å². The van der Waals surface area contributed by atoms with Gasteiger partial charge in [0, 0.05) is 17.2 Å². The maximum absolute atomic E-state index is 6.31. The van der Waals surface area contributed by atoms with E-state index in [4.69, 9.17) is 10.7 Å². The lowest BCUT2D eigenvalue weighted by molar-refractivity contribution is 0.362. The summed E-state index contributed by atoms with van der Waals surface area (Å²) in [6.45, 7) is 5.93. The molecule has 2 aliphatic rings. The minimum Gasteiger partial charge on any atom is -0.383 e. The Kier molecular flexibility index (Phi) is 4.48. The predicted octanol–water partition coefficient (Wildman–Crippen LogP) is 3.90. The van der Waals surface area contributed by atoms with E-state index in [0.29, 0.717) is 11.7 Å². The monoisotopic (exact) mass is 348 g/mol. The van der Waals surface area contributed by atoms with Crippen molar-refractivity contribution in [1.29, 1.82) is 0 Å². The van der Waals surface area contributed by atoms with Crippen molar-refractivity contribution in [3.8, 4) is 0 Å². The van der Waals surface area contributed by atoms with E-state index in [1.807, 2.05) is 11.3 Å². The molecule has 124 valence electrons. The molecule has 1 aliphatic heterocycles. The third kappa shape index (κ3) is 3.08. The average Bonchev–Trinajstić information content (AvgIpc) is 3.15. The summed E-state index contributed by atoms with van der Waals surface area (Å²) < 4.78 is 0. The lowest BCUT2D eigenvalue weighted by atomic mass is 9.87. The summed E-state index contributed by atoms with van der Waals surface area (Å²) in [6.07, 6.45) is 6.41. The summed E-state index contributed by atoms with van der Waals surface area (Å²) in [4.78, 5) is 14.5. The molecular formula is C17H24N4S2. The Morgan fingerprint density at radius 1 is 1.26 bits per heavy atom. The second kappa shape index (κ2) is 6.57. The zero-order valence-electron chi connectivity index (χ0n) is 13.7. The fourth-order valence-corrected chi connectivity index (χ4v) is 6.08. The number of anilines is 1. The van der Waals surface area contributed by atoms with E-state index < -0.39 is 0 Å². The maximum Gasteiger partial charge on any atom is 0.190 e. The standard InChI is InChI=1S/C17H24N4S2/c1-11-5-4-6-12-13(11)14-15(18)19-17(20-16(14)23-12)22-10-9-21-7-2-3-8-21/h11H,2-10H2,1H3,(H2,18,19,20). The number of likely N-dealkylation sites (tertiary alicyclic amines) is 1. The van der Waals surface area contributed by atoms with Crippen molar-refractivity contribution in [2.75, 3.05) is 31.1 Å². The van der Waals surface area contributed by atoms with Crippen LogP contribution in [-0.2, 0) is 6.42 Å². The van der Waals surface area contributed by atoms with Crippen molar-refractivity contribution < 1.29 is 0 Å². The highest BCUT2D eigenvalue weighted by Crippen LogP contribution is 2.43. The number of rotatable bonds is 4. The molecule has 1 atom stereocenters. The molecule has 2 N–H and O–H groups in total. The topological polar surface area (TPSA) is 55.0 Å². The Hall–Kier alpha value is -0.850. The van der Waals surface area contributed by atoms with Crippen LogP contribution >= 0.6 is 23.1 Å². The van der Waals surface area contributed by atoms with Gasteiger partial charge in [-0.3, -0.25) is 0 Å². The second-order valence-electron chi connectivity index (χ2n) is 6.70. The predicted molar refractivity (Wildman–Crippen MR) is 99.6 cm³/mol. The minimum absolute atomic E-state index is 0.590. The van der Waals surface area contributed by atoms with Crippen LogP contribution < -0.4 is 5.73 Å². The highest BCUT2D eigenvalue weighted by Gasteiger charge is 2.25. The third-order valence-corrected chi connectivity index (χ3v) is 7.03. The molecular weight excluding hydrogens is 324 g/mol. The number of thioether (sulfide) groups is 1. The highest BCUT2D eigenvalue weighted by molar-refractivity contribution is 7.99. The Morgan fingerprint density at radius 3 is 2.91 bits per heavy atom. The van der Waals surface area contributed by atoms with Crippen LogP contribution in [0.2, 0.25) is 0 Å². The quantitative estimate of drug-likeness (QED) is 0.671. The maximum atomic E-state index is 6.31. The molecule has 23 heavy (non-hydrogen) atoms. The average molecular weight is 349 g/mol. The number of nitrogen functional groups attached to an aromatic ring is 1. The molecule has 0 saturated carbocycles. The number of hydrogen-bond acceptors (Lipinski definition) is 6. The number of thiophene rings is 1. The molecule has 0 bridgehead atoms. The van der Waals surface area contributed by atoms with Crippen molar-refractivity contribution >= 4 is 39.1 Å². The second-order valence-corrected chi connectivity index (χ2v) is 8.85. The van der Waals surface area contributed by atoms with Crippen molar-refractivity contribution in [3.63, 3.8) is 0 Å². The minimum atomic E-state index is 0.590. The van der Waals surface area contributed by atoms with Gasteiger partial charge in [0.1, 0.15) is 10.6 Å². The van der Waals surface area contributed by atoms with Crippen LogP contribution in [0.25, 0.3) is 10.2 Å². The van der Waals surface area contributed by atoms with E-state index in [0.717, 1.165) is 27.7 Å². The zero-order chi connectivity index (χ0) is 15.8. The smallest absolute Gasteiger partial charge is 0.190 e. The number of nitrogens with zero attached hydrogens (tertiary/aromatic N) is 3. The van der Waals surface area contributed by atoms with E-state index in [-0.39, 0.29) is 0 Å².